The molecule has 0 saturated carbocycles. The van der Waals surface area contributed by atoms with E-state index in [0.717, 1.165) is 39.2 Å². The lowest BCUT2D eigenvalue weighted by molar-refractivity contribution is -0.121. The maximum absolute atomic E-state index is 13.4. The molecular weight excluding hydrogens is 452 g/mol. The molecule has 1 amide bonds. The van der Waals surface area contributed by atoms with Gasteiger partial charge in [-0.25, -0.2) is 4.68 Å². The number of carbonyl (C=O) groups is 1. The number of hydrogen-bond donors (Lipinski definition) is 1. The fourth-order valence-corrected chi connectivity index (χ4v) is 4.39. The predicted octanol–water partition coefficient (Wildman–Crippen LogP) is 4.49. The molecule has 0 saturated heterocycles. The van der Waals surface area contributed by atoms with Gasteiger partial charge in [-0.15, -0.1) is 0 Å². The van der Waals surface area contributed by atoms with Gasteiger partial charge in [-0.05, 0) is 47.9 Å². The minimum Gasteiger partial charge on any atom is -0.497 e. The van der Waals surface area contributed by atoms with Gasteiger partial charge in [0.15, 0.2) is 0 Å². The third-order valence-corrected chi connectivity index (χ3v) is 6.11. The highest BCUT2D eigenvalue weighted by atomic mass is 16.5. The summed E-state index contributed by atoms with van der Waals surface area (Å²) < 4.78 is 8.50. The van der Waals surface area contributed by atoms with Gasteiger partial charge in [-0.1, -0.05) is 60.7 Å². The molecule has 36 heavy (non-hydrogen) atoms. The first kappa shape index (κ1) is 23.1. The SMILES string of the molecule is COc1cccc(CNC(=O)Cn2c(=O)cc(-c3ccccc3)c3c(C)nn(-c4ccccc4)c32)c1. The third-order valence-electron chi connectivity index (χ3n) is 6.11. The highest BCUT2D eigenvalue weighted by Gasteiger charge is 2.21. The molecule has 0 spiro atoms. The van der Waals surface area contributed by atoms with E-state index in [9.17, 15) is 9.59 Å². The van der Waals surface area contributed by atoms with E-state index in [-0.39, 0.29) is 18.0 Å². The molecule has 7 nitrogen and oxygen atoms in total. The van der Waals surface area contributed by atoms with Crippen LogP contribution in [0.5, 0.6) is 5.75 Å². The predicted molar refractivity (Wildman–Crippen MR) is 140 cm³/mol. The maximum atomic E-state index is 13.4. The lowest BCUT2D eigenvalue weighted by Gasteiger charge is -2.14. The Balaban J connectivity index is 1.58. The summed E-state index contributed by atoms with van der Waals surface area (Å²) in [6.07, 6.45) is 0. The summed E-state index contributed by atoms with van der Waals surface area (Å²) in [6.45, 7) is 2.12. The van der Waals surface area contributed by atoms with Crippen molar-refractivity contribution in [2.45, 2.75) is 20.0 Å². The van der Waals surface area contributed by atoms with Crippen LogP contribution >= 0.6 is 0 Å². The maximum Gasteiger partial charge on any atom is 0.253 e. The van der Waals surface area contributed by atoms with Crippen molar-refractivity contribution in [1.29, 1.82) is 0 Å². The quantitative estimate of drug-likeness (QED) is 0.374. The molecule has 0 atom stereocenters. The van der Waals surface area contributed by atoms with Crippen LogP contribution < -0.4 is 15.6 Å². The monoisotopic (exact) mass is 478 g/mol. The number of pyridine rings is 1. The number of aryl methyl sites for hydroxylation is 1. The molecule has 180 valence electrons. The van der Waals surface area contributed by atoms with Crippen molar-refractivity contribution in [2.24, 2.45) is 0 Å². The first-order valence-corrected chi connectivity index (χ1v) is 11.7. The Morgan fingerprint density at radius 1 is 0.944 bits per heavy atom. The number of nitrogens with zero attached hydrogens (tertiary/aromatic N) is 3. The molecule has 0 unspecified atom stereocenters. The minimum atomic E-state index is -0.271. The second-order valence-corrected chi connectivity index (χ2v) is 8.51. The summed E-state index contributed by atoms with van der Waals surface area (Å²) in [5.41, 5.74) is 4.53. The van der Waals surface area contributed by atoms with E-state index < -0.39 is 0 Å². The van der Waals surface area contributed by atoms with Gasteiger partial charge in [0.25, 0.3) is 5.56 Å². The van der Waals surface area contributed by atoms with E-state index in [0.29, 0.717) is 12.2 Å². The van der Waals surface area contributed by atoms with E-state index in [1.54, 1.807) is 17.9 Å². The lowest BCUT2D eigenvalue weighted by atomic mass is 10.0. The number of aromatic nitrogens is 3. The largest absolute Gasteiger partial charge is 0.497 e. The minimum absolute atomic E-state index is 0.133. The zero-order valence-corrected chi connectivity index (χ0v) is 20.1. The van der Waals surface area contributed by atoms with Crippen molar-refractivity contribution in [2.75, 3.05) is 7.11 Å². The Morgan fingerprint density at radius 2 is 1.67 bits per heavy atom. The van der Waals surface area contributed by atoms with Crippen LogP contribution in [0.25, 0.3) is 27.8 Å². The first-order chi connectivity index (χ1) is 17.5. The second-order valence-electron chi connectivity index (χ2n) is 8.51. The lowest BCUT2D eigenvalue weighted by Crippen LogP contribution is -2.32. The van der Waals surface area contributed by atoms with Crippen LogP contribution in [0.1, 0.15) is 11.3 Å². The standard InChI is InChI=1S/C29H26N4O3/c1-20-28-25(22-11-5-3-6-12-22)17-27(35)32(29(28)33(31-20)23-13-7-4-8-14-23)19-26(34)30-18-21-10-9-15-24(16-21)36-2/h3-17H,18-19H2,1-2H3,(H,30,34). The van der Waals surface area contributed by atoms with Crippen LogP contribution in [0.4, 0.5) is 0 Å². The van der Waals surface area contributed by atoms with Crippen molar-refractivity contribution in [3.8, 4) is 22.6 Å². The van der Waals surface area contributed by atoms with Gasteiger partial charge in [-0.2, -0.15) is 5.10 Å². The summed E-state index contributed by atoms with van der Waals surface area (Å²) in [4.78, 5) is 26.5. The van der Waals surface area contributed by atoms with E-state index >= 15 is 0 Å². The molecule has 2 heterocycles. The average molecular weight is 479 g/mol. The molecule has 5 rings (SSSR count). The Hall–Kier alpha value is -4.65. The molecule has 0 fully saturated rings. The van der Waals surface area contributed by atoms with Crippen LogP contribution in [0.3, 0.4) is 0 Å². The molecule has 5 aromatic rings. The molecule has 3 aromatic carbocycles. The van der Waals surface area contributed by atoms with Gasteiger partial charge in [0.05, 0.1) is 18.5 Å². The summed E-state index contributed by atoms with van der Waals surface area (Å²) in [6, 6.07) is 28.5. The number of rotatable bonds is 7. The van der Waals surface area contributed by atoms with Gasteiger partial charge in [0.2, 0.25) is 5.91 Å². The van der Waals surface area contributed by atoms with Crippen molar-refractivity contribution >= 4 is 16.9 Å². The number of nitrogens with one attached hydrogen (secondary N) is 1. The molecule has 1 N–H and O–H groups in total. The van der Waals surface area contributed by atoms with E-state index in [2.05, 4.69) is 5.32 Å². The molecule has 0 bridgehead atoms. The van der Waals surface area contributed by atoms with Crippen molar-refractivity contribution in [3.63, 3.8) is 0 Å². The smallest absolute Gasteiger partial charge is 0.253 e. The van der Waals surface area contributed by atoms with Gasteiger partial charge in [-0.3, -0.25) is 14.2 Å². The van der Waals surface area contributed by atoms with Crippen molar-refractivity contribution in [3.05, 3.63) is 113 Å². The van der Waals surface area contributed by atoms with E-state index in [4.69, 9.17) is 9.84 Å². The second kappa shape index (κ2) is 9.92. The van der Waals surface area contributed by atoms with Crippen molar-refractivity contribution < 1.29 is 9.53 Å². The summed E-state index contributed by atoms with van der Waals surface area (Å²) in [5.74, 6) is 0.450. The van der Waals surface area contributed by atoms with E-state index in [1.165, 1.54) is 4.57 Å². The van der Waals surface area contributed by atoms with E-state index in [1.807, 2.05) is 91.9 Å². The molecular formula is C29H26N4O3. The topological polar surface area (TPSA) is 78.2 Å². The summed E-state index contributed by atoms with van der Waals surface area (Å²) in [7, 11) is 1.60. The van der Waals surface area contributed by atoms with Crippen LogP contribution in [-0.2, 0) is 17.9 Å². The number of ether oxygens (including phenoxy) is 1. The molecule has 0 aliphatic rings. The first-order valence-electron chi connectivity index (χ1n) is 11.7. The Morgan fingerprint density at radius 3 is 2.39 bits per heavy atom. The highest BCUT2D eigenvalue weighted by Crippen LogP contribution is 2.31. The van der Waals surface area contributed by atoms with Crippen LogP contribution in [0.2, 0.25) is 0 Å². The number of para-hydroxylation sites is 1. The molecule has 0 radical (unpaired) electrons. The van der Waals surface area contributed by atoms with Gasteiger partial charge < -0.3 is 10.1 Å². The highest BCUT2D eigenvalue weighted by molar-refractivity contribution is 5.96. The summed E-state index contributed by atoms with van der Waals surface area (Å²) in [5, 5.41) is 8.54. The van der Waals surface area contributed by atoms with Crippen LogP contribution in [-0.4, -0.2) is 27.4 Å². The van der Waals surface area contributed by atoms with Gasteiger partial charge >= 0.3 is 0 Å². The molecule has 7 heteroatoms. The zero-order chi connectivity index (χ0) is 25.1. The van der Waals surface area contributed by atoms with Crippen molar-refractivity contribution in [1.82, 2.24) is 19.7 Å². The normalized spacial score (nSPS) is 10.9. The van der Waals surface area contributed by atoms with Crippen LogP contribution in [0, 0.1) is 6.92 Å². The van der Waals surface area contributed by atoms with Crippen LogP contribution in [0.15, 0.2) is 95.8 Å². The number of carbonyl (C=O) groups excluding carboxylic acids is 1. The third kappa shape index (κ3) is 4.51. The Bertz CT molecular complexity index is 1590. The molecule has 2 aromatic heterocycles. The Labute approximate surface area is 208 Å². The number of hydrogen-bond acceptors (Lipinski definition) is 4. The average Bonchev–Trinajstić information content (AvgIpc) is 3.27. The number of benzene rings is 3. The molecule has 0 aliphatic carbocycles. The Kier molecular flexibility index (Phi) is 6.36. The number of amides is 1. The fraction of sp³-hybridized carbons (Fsp3) is 0.138. The van der Waals surface area contributed by atoms with Gasteiger partial charge in [0.1, 0.15) is 17.9 Å². The van der Waals surface area contributed by atoms with Gasteiger partial charge in [0, 0.05) is 18.0 Å². The fourth-order valence-electron chi connectivity index (χ4n) is 4.39. The number of methoxy groups -OCH3 is 1. The summed E-state index contributed by atoms with van der Waals surface area (Å²) >= 11 is 0. The zero-order valence-electron chi connectivity index (χ0n) is 20.1. The molecule has 0 aliphatic heterocycles. The number of fused-ring (bicyclic) bond motifs is 1.